The molecule has 0 saturated carbocycles. The van der Waals surface area contributed by atoms with Crippen molar-refractivity contribution in [2.24, 2.45) is 0 Å². The average Bonchev–Trinajstić information content (AvgIpc) is 3.21. The van der Waals surface area contributed by atoms with E-state index < -0.39 is 0 Å². The lowest BCUT2D eigenvalue weighted by atomic mass is 10.0. The minimum atomic E-state index is -0.388. The number of rotatable bonds is 6. The third-order valence-corrected chi connectivity index (χ3v) is 6.20. The summed E-state index contributed by atoms with van der Waals surface area (Å²) in [5.74, 6) is -0.574. The molecule has 6 heteroatoms. The van der Waals surface area contributed by atoms with Gasteiger partial charge in [0.05, 0.1) is 11.4 Å². The number of hydrogen-bond donors (Lipinski definition) is 1. The topological polar surface area (TPSA) is 46.4 Å². The van der Waals surface area contributed by atoms with Gasteiger partial charge >= 0.3 is 0 Å². The van der Waals surface area contributed by atoms with E-state index in [1.54, 1.807) is 12.1 Å². The van der Waals surface area contributed by atoms with Gasteiger partial charge in [-0.1, -0.05) is 54.1 Å². The molecule has 5 aromatic rings. The van der Waals surface area contributed by atoms with Crippen LogP contribution >= 0.6 is 11.6 Å². The summed E-state index contributed by atoms with van der Waals surface area (Å²) in [6, 6.07) is 25.7. The highest BCUT2D eigenvalue weighted by Gasteiger charge is 2.17. The molecule has 0 radical (unpaired) electrons. The Morgan fingerprint density at radius 1 is 0.971 bits per heavy atom. The first kappa shape index (κ1) is 22.8. The molecule has 35 heavy (non-hydrogen) atoms. The van der Waals surface area contributed by atoms with Gasteiger partial charge in [-0.2, -0.15) is 0 Å². The Labute approximate surface area is 208 Å². The minimum absolute atomic E-state index is 0.186. The number of halogens is 2. The third kappa shape index (κ3) is 4.96. The lowest BCUT2D eigenvalue weighted by Crippen LogP contribution is -2.13. The fourth-order valence-corrected chi connectivity index (χ4v) is 4.52. The first-order valence-corrected chi connectivity index (χ1v) is 11.7. The summed E-state index contributed by atoms with van der Waals surface area (Å²) in [7, 11) is 0. The molecule has 5 rings (SSSR count). The second-order valence-corrected chi connectivity index (χ2v) is 8.87. The van der Waals surface area contributed by atoms with Crippen molar-refractivity contribution in [3.8, 4) is 22.4 Å². The monoisotopic (exact) mass is 483 g/mol. The van der Waals surface area contributed by atoms with Crippen LogP contribution in [0.4, 0.5) is 10.1 Å². The summed E-state index contributed by atoms with van der Waals surface area (Å²) in [5, 5.41) is 3.48. The van der Waals surface area contributed by atoms with Crippen LogP contribution in [0, 0.1) is 12.7 Å². The first-order chi connectivity index (χ1) is 17.0. The van der Waals surface area contributed by atoms with Crippen molar-refractivity contribution in [2.45, 2.75) is 19.8 Å². The minimum Gasteiger partial charge on any atom is -0.326 e. The maximum absolute atomic E-state index is 13.5. The van der Waals surface area contributed by atoms with E-state index in [1.807, 2.05) is 67.6 Å². The second kappa shape index (κ2) is 9.72. The Bertz CT molecular complexity index is 1530. The smallest absolute Gasteiger partial charge is 0.224 e. The largest absolute Gasteiger partial charge is 0.326 e. The van der Waals surface area contributed by atoms with Gasteiger partial charge in [0, 0.05) is 28.9 Å². The van der Waals surface area contributed by atoms with Crippen molar-refractivity contribution in [3.05, 3.63) is 113 Å². The molecule has 3 aromatic carbocycles. The Morgan fingerprint density at radius 3 is 2.57 bits per heavy atom. The van der Waals surface area contributed by atoms with Gasteiger partial charge in [0.25, 0.3) is 0 Å². The predicted molar refractivity (Wildman–Crippen MR) is 139 cm³/mol. The number of nitrogens with one attached hydrogen (secondary N) is 1. The van der Waals surface area contributed by atoms with E-state index in [0.717, 1.165) is 39.3 Å². The number of benzene rings is 3. The Kier molecular flexibility index (Phi) is 6.34. The van der Waals surface area contributed by atoms with Crippen molar-refractivity contribution in [1.82, 2.24) is 9.38 Å². The molecular formula is C29H23ClFN3O. The van der Waals surface area contributed by atoms with Crippen molar-refractivity contribution >= 4 is 28.8 Å². The van der Waals surface area contributed by atoms with Crippen LogP contribution in [0.25, 0.3) is 28.0 Å². The number of pyridine rings is 1. The molecule has 0 saturated heterocycles. The highest BCUT2D eigenvalue weighted by atomic mass is 35.5. The number of imidazole rings is 1. The number of aryl methyl sites for hydroxylation is 2. The van der Waals surface area contributed by atoms with E-state index in [9.17, 15) is 9.18 Å². The summed E-state index contributed by atoms with van der Waals surface area (Å²) in [5.41, 5.74) is 7.22. The molecule has 0 aliphatic heterocycles. The number of aromatic nitrogens is 2. The van der Waals surface area contributed by atoms with Crippen LogP contribution in [0.5, 0.6) is 0 Å². The Hall–Kier alpha value is -3.96. The van der Waals surface area contributed by atoms with Crippen LogP contribution < -0.4 is 5.32 Å². The second-order valence-electron chi connectivity index (χ2n) is 8.44. The van der Waals surface area contributed by atoms with Gasteiger partial charge in [-0.15, -0.1) is 0 Å². The number of carbonyl (C=O) groups is 1. The molecule has 1 amide bonds. The van der Waals surface area contributed by atoms with Gasteiger partial charge in [-0.3, -0.25) is 4.79 Å². The zero-order chi connectivity index (χ0) is 24.4. The lowest BCUT2D eigenvalue weighted by Gasteiger charge is -2.10. The summed E-state index contributed by atoms with van der Waals surface area (Å²) in [6.07, 6.45) is 2.76. The van der Waals surface area contributed by atoms with Crippen molar-refractivity contribution in [2.75, 3.05) is 5.32 Å². The summed E-state index contributed by atoms with van der Waals surface area (Å²) >= 11 is 6.16. The molecule has 0 spiro atoms. The number of fused-ring (bicyclic) bond motifs is 1. The summed E-state index contributed by atoms with van der Waals surface area (Å²) in [4.78, 5) is 17.6. The van der Waals surface area contributed by atoms with Crippen LogP contribution in [0.15, 0.2) is 91.1 Å². The Morgan fingerprint density at radius 2 is 1.80 bits per heavy atom. The zero-order valence-corrected chi connectivity index (χ0v) is 19.9. The molecule has 1 N–H and O–H groups in total. The molecule has 0 fully saturated rings. The highest BCUT2D eigenvalue weighted by Crippen LogP contribution is 2.30. The molecule has 174 valence electrons. The quantitative estimate of drug-likeness (QED) is 0.274. The van der Waals surface area contributed by atoms with E-state index in [4.69, 9.17) is 16.6 Å². The SMILES string of the molecule is Cc1cc(Cl)ccc1-c1ccc2nc(-c3ccccc3)c(CCC(=O)Nc3cccc(F)c3)n2c1. The molecule has 0 aliphatic carbocycles. The molecule has 0 atom stereocenters. The summed E-state index contributed by atoms with van der Waals surface area (Å²) in [6.45, 7) is 2.03. The first-order valence-electron chi connectivity index (χ1n) is 11.4. The number of nitrogens with zero attached hydrogens (tertiary/aromatic N) is 2. The molecule has 2 heterocycles. The lowest BCUT2D eigenvalue weighted by molar-refractivity contribution is -0.116. The van der Waals surface area contributed by atoms with Crippen LogP contribution in [-0.2, 0) is 11.2 Å². The molecule has 4 nitrogen and oxygen atoms in total. The van der Waals surface area contributed by atoms with Crippen LogP contribution in [0.2, 0.25) is 5.02 Å². The van der Waals surface area contributed by atoms with Crippen molar-refractivity contribution < 1.29 is 9.18 Å². The standard InChI is InChI=1S/C29H23ClFN3O/c1-19-16-22(30)11-12-25(19)21-10-14-27-33-29(20-6-3-2-4-7-20)26(34(27)18-21)13-15-28(35)32-24-9-5-8-23(31)17-24/h2-12,14,16-18H,13,15H2,1H3,(H,32,35). The van der Waals surface area contributed by atoms with Gasteiger partial charge in [-0.25, -0.2) is 9.37 Å². The molecule has 0 aliphatic rings. The maximum Gasteiger partial charge on any atom is 0.224 e. The van der Waals surface area contributed by atoms with Crippen LogP contribution in [0.1, 0.15) is 17.7 Å². The fourth-order valence-electron chi connectivity index (χ4n) is 4.29. The van der Waals surface area contributed by atoms with Gasteiger partial charge in [0.15, 0.2) is 0 Å². The van der Waals surface area contributed by atoms with E-state index in [1.165, 1.54) is 12.1 Å². The molecule has 0 unspecified atom stereocenters. The molecule has 2 aromatic heterocycles. The van der Waals surface area contributed by atoms with Crippen LogP contribution in [0.3, 0.4) is 0 Å². The predicted octanol–water partition coefficient (Wildman–Crippen LogP) is 7.34. The average molecular weight is 484 g/mol. The molecule has 0 bridgehead atoms. The van der Waals surface area contributed by atoms with Gasteiger partial charge in [0.1, 0.15) is 11.5 Å². The van der Waals surface area contributed by atoms with Crippen LogP contribution in [-0.4, -0.2) is 15.3 Å². The third-order valence-electron chi connectivity index (χ3n) is 5.96. The zero-order valence-electron chi connectivity index (χ0n) is 19.1. The van der Waals surface area contributed by atoms with Crippen molar-refractivity contribution in [3.63, 3.8) is 0 Å². The van der Waals surface area contributed by atoms with Crippen molar-refractivity contribution in [1.29, 1.82) is 0 Å². The number of carbonyl (C=O) groups excluding carboxylic acids is 1. The van der Waals surface area contributed by atoms with Gasteiger partial charge < -0.3 is 9.72 Å². The van der Waals surface area contributed by atoms with E-state index in [-0.39, 0.29) is 18.1 Å². The fraction of sp³-hybridized carbons (Fsp3) is 0.103. The van der Waals surface area contributed by atoms with Gasteiger partial charge in [0.2, 0.25) is 5.91 Å². The van der Waals surface area contributed by atoms with E-state index >= 15 is 0 Å². The van der Waals surface area contributed by atoms with E-state index in [0.29, 0.717) is 17.1 Å². The van der Waals surface area contributed by atoms with E-state index in [2.05, 4.69) is 15.9 Å². The highest BCUT2D eigenvalue weighted by molar-refractivity contribution is 6.30. The Balaban J connectivity index is 1.52. The number of amides is 1. The normalized spacial score (nSPS) is 11.1. The maximum atomic E-state index is 13.5. The number of anilines is 1. The molecular weight excluding hydrogens is 461 g/mol. The summed E-state index contributed by atoms with van der Waals surface area (Å²) < 4.78 is 15.6. The number of hydrogen-bond acceptors (Lipinski definition) is 2. The van der Waals surface area contributed by atoms with Gasteiger partial charge in [-0.05, 0) is 72.5 Å².